The van der Waals surface area contributed by atoms with E-state index < -0.39 is 57.1 Å². The van der Waals surface area contributed by atoms with Crippen LogP contribution in [0.25, 0.3) is 0 Å². The molecule has 3 aromatic carbocycles. The fourth-order valence-electron chi connectivity index (χ4n) is 3.62. The summed E-state index contributed by atoms with van der Waals surface area (Å²) in [6.07, 6.45) is -7.89. The molecule has 0 amide bonds. The molecule has 0 heterocycles. The molecule has 0 saturated heterocycles. The first-order chi connectivity index (χ1) is 22.2. The first kappa shape index (κ1) is 42.9. The van der Waals surface area contributed by atoms with Crippen LogP contribution < -0.4 is 0 Å². The molecule has 0 fully saturated rings. The van der Waals surface area contributed by atoms with Gasteiger partial charge in [0, 0.05) is 0 Å². The van der Waals surface area contributed by atoms with Gasteiger partial charge in [0.25, 0.3) is 0 Å². The molecule has 0 aromatic heterocycles. The van der Waals surface area contributed by atoms with Crippen LogP contribution in [0.4, 0.5) is 74.6 Å². The van der Waals surface area contributed by atoms with Crippen LogP contribution in [0.15, 0.2) is 93.5 Å². The molecule has 50 heavy (non-hydrogen) atoms. The molecule has 280 valence electrons. The first-order valence-corrected chi connectivity index (χ1v) is 15.5. The van der Waals surface area contributed by atoms with Gasteiger partial charge in [-0.1, -0.05) is 53.6 Å². The number of rotatable bonds is 10. The lowest BCUT2D eigenvalue weighted by molar-refractivity contribution is -0.458. The zero-order valence-electron chi connectivity index (χ0n) is 24.5. The molecule has 0 unspecified atom stereocenters. The van der Waals surface area contributed by atoms with Crippen molar-refractivity contribution in [2.45, 2.75) is 75.5 Å². The van der Waals surface area contributed by atoms with Gasteiger partial charge in [0.15, 0.2) is 24.8 Å². The van der Waals surface area contributed by atoms with E-state index in [1.807, 2.05) is 0 Å². The van der Waals surface area contributed by atoms with Crippen LogP contribution in [-0.2, 0) is 21.0 Å². The summed E-state index contributed by atoms with van der Waals surface area (Å²) in [5.74, 6) is -52.1. The molecule has 0 radical (unpaired) electrons. The molecule has 0 aliphatic heterocycles. The van der Waals surface area contributed by atoms with E-state index in [-0.39, 0.29) is 10.9 Å². The number of alkyl halides is 17. The van der Waals surface area contributed by atoms with Crippen molar-refractivity contribution < 1.29 is 87.6 Å². The molecular weight excluding hydrogens is 771 g/mol. The highest BCUT2D eigenvalue weighted by atomic mass is 32.2. The predicted octanol–water partition coefficient (Wildman–Crippen LogP) is 9.90. The lowest BCUT2D eigenvalue weighted by Crippen LogP contribution is -2.75. The Hall–Kier alpha value is -3.27. The topological polar surface area (TPSA) is 57.2 Å². The summed E-state index contributed by atoms with van der Waals surface area (Å²) in [7, 11) is -8.17. The van der Waals surface area contributed by atoms with Gasteiger partial charge in [-0.05, 0) is 50.2 Å². The van der Waals surface area contributed by atoms with Crippen LogP contribution in [0.1, 0.15) is 11.1 Å². The Kier molecular flexibility index (Phi) is 11.8. The monoisotopic (exact) mass is 790 g/mol. The highest BCUT2D eigenvalue weighted by molar-refractivity contribution is 7.97. The average molecular weight is 791 g/mol. The van der Waals surface area contributed by atoms with Gasteiger partial charge < -0.3 is 4.55 Å². The molecule has 0 aliphatic rings. The zero-order chi connectivity index (χ0) is 39.2. The third-order valence-electron chi connectivity index (χ3n) is 6.50. The fraction of sp³-hybridized carbons (Fsp3) is 0.357. The molecule has 22 heteroatoms. The van der Waals surface area contributed by atoms with E-state index >= 15 is 0 Å². The van der Waals surface area contributed by atoms with Crippen molar-refractivity contribution in [3.63, 3.8) is 0 Å². The first-order valence-electron chi connectivity index (χ1n) is 12.8. The van der Waals surface area contributed by atoms with Gasteiger partial charge in [-0.2, -0.15) is 74.6 Å². The SMILES string of the molecule is Cc1ccc([S+](c2ccccc2)c2ccc(C)cc2)cc1.O=S(=O)([O-])C(F)(F)C(F)(F)C(F)(F)C(F)(F)C(F)(F)C(F)(F)C(F)(F)C(F)(F)F. The van der Waals surface area contributed by atoms with Crippen LogP contribution in [0.5, 0.6) is 0 Å². The Balaban J connectivity index is 0.000000361. The zero-order valence-corrected chi connectivity index (χ0v) is 26.1. The van der Waals surface area contributed by atoms with E-state index in [1.54, 1.807) is 0 Å². The highest BCUT2D eigenvalue weighted by Crippen LogP contribution is 2.64. The Morgan fingerprint density at radius 2 is 0.720 bits per heavy atom. The Morgan fingerprint density at radius 1 is 0.440 bits per heavy atom. The van der Waals surface area contributed by atoms with Gasteiger partial charge in [0.05, 0.1) is 10.9 Å². The van der Waals surface area contributed by atoms with E-state index in [0.717, 1.165) is 0 Å². The van der Waals surface area contributed by atoms with Gasteiger partial charge in [-0.3, -0.25) is 0 Å². The standard InChI is InChI=1S/C20H19S.C8HF17O3S/c1-16-8-12-19(13-9-16)21(18-6-4-3-5-7-18)20-14-10-17(2)11-15-20;9-1(10,3(13,14)5(17,18)7(21,22)23)2(11,12)4(15,16)6(19,20)8(24,25)29(26,27)28/h3-15H,1-2H3;(H,26,27,28)/q+1;/p-1. The predicted molar refractivity (Wildman–Crippen MR) is 141 cm³/mol. The maximum Gasteiger partial charge on any atom is 0.460 e. The number of halogens is 17. The molecule has 3 aromatic rings. The minimum atomic E-state index is -8.92. The van der Waals surface area contributed by atoms with Crippen molar-refractivity contribution in [1.29, 1.82) is 0 Å². The molecule has 0 atom stereocenters. The van der Waals surface area contributed by atoms with Gasteiger partial charge in [0.2, 0.25) is 0 Å². The van der Waals surface area contributed by atoms with Gasteiger partial charge in [-0.15, -0.1) is 0 Å². The molecule has 0 N–H and O–H groups in total. The van der Waals surface area contributed by atoms with E-state index in [0.29, 0.717) is 0 Å². The van der Waals surface area contributed by atoms with E-state index in [1.165, 1.54) is 25.8 Å². The van der Waals surface area contributed by atoms with Gasteiger partial charge >= 0.3 is 47.0 Å². The number of benzene rings is 3. The quantitative estimate of drug-likeness (QED) is 0.117. The van der Waals surface area contributed by atoms with Crippen LogP contribution in [-0.4, -0.2) is 59.9 Å². The van der Waals surface area contributed by atoms with E-state index in [4.69, 9.17) is 0 Å². The summed E-state index contributed by atoms with van der Waals surface area (Å²) in [6, 6.07) is 28.6. The molecule has 3 nitrogen and oxygen atoms in total. The lowest BCUT2D eigenvalue weighted by Gasteiger charge is -2.42. The third-order valence-corrected chi connectivity index (χ3v) is 9.61. The van der Waals surface area contributed by atoms with Gasteiger partial charge in [-0.25, -0.2) is 8.42 Å². The van der Waals surface area contributed by atoms with Crippen molar-refractivity contribution in [3.8, 4) is 0 Å². The van der Waals surface area contributed by atoms with E-state index in [2.05, 4.69) is 92.7 Å². The summed E-state index contributed by atoms with van der Waals surface area (Å²) >= 11 is 0. The Labute approximate surface area is 274 Å². The fourth-order valence-corrected chi connectivity index (χ4v) is 6.12. The number of hydrogen-bond acceptors (Lipinski definition) is 3. The minimum Gasteiger partial charge on any atom is -0.743 e. The van der Waals surface area contributed by atoms with Crippen LogP contribution in [0.3, 0.4) is 0 Å². The summed E-state index contributed by atoms with van der Waals surface area (Å²) in [5.41, 5.74) is 2.61. The Bertz CT molecular complexity index is 1660. The van der Waals surface area contributed by atoms with Crippen molar-refractivity contribution in [1.82, 2.24) is 0 Å². The maximum absolute atomic E-state index is 13.0. The Morgan fingerprint density at radius 3 is 1.02 bits per heavy atom. The molecule has 0 saturated carbocycles. The van der Waals surface area contributed by atoms with Crippen molar-refractivity contribution in [3.05, 3.63) is 90.0 Å². The van der Waals surface area contributed by atoms with Crippen molar-refractivity contribution >= 4 is 21.0 Å². The summed E-state index contributed by atoms with van der Waals surface area (Å²) in [4.78, 5) is 4.11. The summed E-state index contributed by atoms with van der Waals surface area (Å²) in [6.45, 7) is 4.27. The smallest absolute Gasteiger partial charge is 0.460 e. The summed E-state index contributed by atoms with van der Waals surface area (Å²) in [5, 5.41) is -7.95. The lowest BCUT2D eigenvalue weighted by atomic mass is 9.91. The minimum absolute atomic E-state index is 0.0312. The number of aryl methyl sites for hydroxylation is 2. The molecule has 0 bridgehead atoms. The third kappa shape index (κ3) is 7.24. The second kappa shape index (κ2) is 13.7. The second-order valence-corrected chi connectivity index (χ2v) is 13.6. The summed E-state index contributed by atoms with van der Waals surface area (Å²) < 4.78 is 244. The molecule has 0 spiro atoms. The molecular formula is C28H19F17O3S2. The van der Waals surface area contributed by atoms with Gasteiger partial charge in [0.1, 0.15) is 0 Å². The molecule has 0 aliphatic carbocycles. The highest BCUT2D eigenvalue weighted by Gasteiger charge is 2.95. The van der Waals surface area contributed by atoms with Crippen molar-refractivity contribution in [2.75, 3.05) is 0 Å². The van der Waals surface area contributed by atoms with Crippen LogP contribution >= 0.6 is 0 Å². The molecule has 3 rings (SSSR count). The largest absolute Gasteiger partial charge is 0.743 e. The van der Waals surface area contributed by atoms with E-state index in [9.17, 15) is 87.6 Å². The average Bonchev–Trinajstić information content (AvgIpc) is 2.98. The second-order valence-electron chi connectivity index (χ2n) is 10.2. The van der Waals surface area contributed by atoms with Crippen LogP contribution in [0.2, 0.25) is 0 Å². The van der Waals surface area contributed by atoms with Crippen LogP contribution in [0, 0.1) is 13.8 Å². The number of hydrogen-bond donors (Lipinski definition) is 0. The van der Waals surface area contributed by atoms with Crippen molar-refractivity contribution in [2.24, 2.45) is 0 Å². The normalized spacial score (nSPS) is 14.3. The maximum atomic E-state index is 13.0.